The van der Waals surface area contributed by atoms with Crippen LogP contribution in [0.1, 0.15) is 18.9 Å². The third-order valence-electron chi connectivity index (χ3n) is 3.65. The molecule has 0 aromatic heterocycles. The van der Waals surface area contributed by atoms with Crippen molar-refractivity contribution in [1.29, 1.82) is 0 Å². The van der Waals surface area contributed by atoms with Gasteiger partial charge in [0.05, 0.1) is 5.02 Å². The van der Waals surface area contributed by atoms with Crippen LogP contribution in [0.25, 0.3) is 0 Å². The van der Waals surface area contributed by atoms with Crippen LogP contribution in [-0.2, 0) is 16.6 Å². The van der Waals surface area contributed by atoms with E-state index in [1.165, 1.54) is 4.31 Å². The lowest BCUT2D eigenvalue weighted by molar-refractivity contribution is 0.394. The Balaban J connectivity index is 2.29. The fraction of sp³-hybridized carbons (Fsp3) is 0.571. The van der Waals surface area contributed by atoms with Crippen LogP contribution in [0.15, 0.2) is 23.1 Å². The van der Waals surface area contributed by atoms with Crippen molar-refractivity contribution in [3.63, 3.8) is 0 Å². The molecule has 1 heterocycles. The molecule has 0 aliphatic carbocycles. The minimum Gasteiger partial charge on any atom is -0.313 e. The number of nitrogens with zero attached hydrogens (tertiary/aromatic N) is 1. The maximum Gasteiger partial charge on any atom is 0.244 e. The summed E-state index contributed by atoms with van der Waals surface area (Å²) in [4.78, 5) is 0.207. The Bertz CT molecular complexity index is 587. The number of hydrogen-bond donors (Lipinski definition) is 1. The first kappa shape index (κ1) is 17.1. The number of rotatable bonds is 6. The van der Waals surface area contributed by atoms with Gasteiger partial charge in [0, 0.05) is 25.4 Å². The van der Waals surface area contributed by atoms with E-state index in [1.807, 2.05) is 13.0 Å². The van der Waals surface area contributed by atoms with Crippen LogP contribution in [0.4, 0.5) is 0 Å². The second kappa shape index (κ2) is 7.33. The molecule has 21 heavy (non-hydrogen) atoms. The number of thioether (sulfide) groups is 1. The predicted octanol–water partition coefficient (Wildman–Crippen LogP) is 2.58. The van der Waals surface area contributed by atoms with Crippen molar-refractivity contribution in [1.82, 2.24) is 9.62 Å². The van der Waals surface area contributed by atoms with Gasteiger partial charge in [-0.15, -0.1) is 0 Å². The van der Waals surface area contributed by atoms with Gasteiger partial charge in [0.15, 0.2) is 0 Å². The van der Waals surface area contributed by atoms with Crippen molar-refractivity contribution >= 4 is 33.4 Å². The molecule has 0 spiro atoms. The van der Waals surface area contributed by atoms with E-state index in [0.29, 0.717) is 6.54 Å². The second-order valence-electron chi connectivity index (χ2n) is 5.08. The van der Waals surface area contributed by atoms with Gasteiger partial charge in [-0.05, 0) is 36.4 Å². The molecule has 1 aliphatic rings. The quantitative estimate of drug-likeness (QED) is 0.858. The van der Waals surface area contributed by atoms with Crippen LogP contribution < -0.4 is 5.32 Å². The molecule has 1 aromatic rings. The Hall–Kier alpha value is -0.270. The number of halogens is 1. The minimum absolute atomic E-state index is 0.0634. The van der Waals surface area contributed by atoms with Crippen LogP contribution in [-0.4, -0.2) is 43.9 Å². The lowest BCUT2D eigenvalue weighted by Gasteiger charge is -2.24. The molecular weight excluding hydrogens is 328 g/mol. The van der Waals surface area contributed by atoms with Crippen LogP contribution >= 0.6 is 23.4 Å². The Labute approximate surface area is 136 Å². The lowest BCUT2D eigenvalue weighted by Crippen LogP contribution is -2.37. The van der Waals surface area contributed by atoms with E-state index < -0.39 is 10.0 Å². The largest absolute Gasteiger partial charge is 0.313 e. The van der Waals surface area contributed by atoms with Gasteiger partial charge in [0.1, 0.15) is 4.90 Å². The van der Waals surface area contributed by atoms with Gasteiger partial charge in [0.2, 0.25) is 10.0 Å². The maximum absolute atomic E-state index is 12.8. The van der Waals surface area contributed by atoms with Crippen molar-refractivity contribution in [3.8, 4) is 0 Å². The van der Waals surface area contributed by atoms with E-state index in [2.05, 4.69) is 5.32 Å². The molecule has 0 radical (unpaired) electrons. The highest BCUT2D eigenvalue weighted by Crippen LogP contribution is 2.30. The van der Waals surface area contributed by atoms with Gasteiger partial charge in [-0.2, -0.15) is 16.1 Å². The summed E-state index contributed by atoms with van der Waals surface area (Å²) in [6.07, 6.45) is 0.898. The first-order valence-electron chi connectivity index (χ1n) is 7.01. The van der Waals surface area contributed by atoms with Crippen LogP contribution in [0.2, 0.25) is 5.02 Å². The van der Waals surface area contributed by atoms with Gasteiger partial charge in [-0.1, -0.05) is 24.6 Å². The SMILES string of the molecule is CCNCc1ccc(Cl)c(S(=O)(=O)N(C)C2CCSC2)c1. The summed E-state index contributed by atoms with van der Waals surface area (Å²) in [7, 11) is -1.89. The Morgan fingerprint density at radius 3 is 2.86 bits per heavy atom. The highest BCUT2D eigenvalue weighted by Gasteiger charge is 2.31. The van der Waals surface area contributed by atoms with Gasteiger partial charge in [-0.3, -0.25) is 0 Å². The predicted molar refractivity (Wildman–Crippen MR) is 89.5 cm³/mol. The van der Waals surface area contributed by atoms with E-state index in [9.17, 15) is 8.42 Å². The molecule has 1 fully saturated rings. The highest BCUT2D eigenvalue weighted by atomic mass is 35.5. The fourth-order valence-corrected chi connectivity index (χ4v) is 5.55. The lowest BCUT2D eigenvalue weighted by atomic mass is 10.2. The van der Waals surface area contributed by atoms with E-state index in [0.717, 1.165) is 30.0 Å². The summed E-state index contributed by atoms with van der Waals surface area (Å²) in [6.45, 7) is 3.49. The van der Waals surface area contributed by atoms with E-state index >= 15 is 0 Å². The maximum atomic E-state index is 12.8. The summed E-state index contributed by atoms with van der Waals surface area (Å²) in [5, 5.41) is 3.48. The smallest absolute Gasteiger partial charge is 0.244 e. The summed E-state index contributed by atoms with van der Waals surface area (Å²) >= 11 is 7.93. The number of benzene rings is 1. The number of nitrogens with one attached hydrogen (secondary N) is 1. The highest BCUT2D eigenvalue weighted by molar-refractivity contribution is 7.99. The average molecular weight is 349 g/mol. The zero-order chi connectivity index (χ0) is 15.5. The van der Waals surface area contributed by atoms with Gasteiger partial charge in [-0.25, -0.2) is 8.42 Å². The molecule has 1 aromatic carbocycles. The second-order valence-corrected chi connectivity index (χ2v) is 8.61. The van der Waals surface area contributed by atoms with Crippen molar-refractivity contribution in [2.75, 3.05) is 25.1 Å². The molecule has 1 unspecified atom stereocenters. The van der Waals surface area contributed by atoms with E-state index in [4.69, 9.17) is 11.6 Å². The van der Waals surface area contributed by atoms with Crippen molar-refractivity contribution in [2.24, 2.45) is 0 Å². The van der Waals surface area contributed by atoms with Crippen LogP contribution in [0, 0.1) is 0 Å². The minimum atomic E-state index is -3.54. The molecule has 1 aliphatic heterocycles. The topological polar surface area (TPSA) is 49.4 Å². The van der Waals surface area contributed by atoms with Crippen LogP contribution in [0.5, 0.6) is 0 Å². The molecule has 1 N–H and O–H groups in total. The molecule has 2 rings (SSSR count). The molecule has 0 amide bonds. The summed E-state index contributed by atoms with van der Waals surface area (Å²) in [5.41, 5.74) is 0.925. The Kier molecular flexibility index (Phi) is 5.96. The van der Waals surface area contributed by atoms with Crippen LogP contribution in [0.3, 0.4) is 0 Å². The van der Waals surface area contributed by atoms with Gasteiger partial charge >= 0.3 is 0 Å². The molecule has 0 saturated carbocycles. The first-order valence-corrected chi connectivity index (χ1v) is 9.99. The van der Waals surface area contributed by atoms with E-state index in [1.54, 1.807) is 30.9 Å². The molecule has 118 valence electrons. The Morgan fingerprint density at radius 2 is 2.24 bits per heavy atom. The average Bonchev–Trinajstić information content (AvgIpc) is 2.99. The molecule has 4 nitrogen and oxygen atoms in total. The molecule has 1 atom stereocenters. The van der Waals surface area contributed by atoms with Crippen molar-refractivity contribution in [3.05, 3.63) is 28.8 Å². The molecular formula is C14H21ClN2O2S2. The molecule has 1 saturated heterocycles. The van der Waals surface area contributed by atoms with Gasteiger partial charge in [0.25, 0.3) is 0 Å². The zero-order valence-electron chi connectivity index (χ0n) is 12.3. The standard InChI is InChI=1S/C14H21ClN2O2S2/c1-3-16-9-11-4-5-13(15)14(8-11)21(18,19)17(2)12-6-7-20-10-12/h4-5,8,12,16H,3,6-7,9-10H2,1-2H3. The van der Waals surface area contributed by atoms with E-state index in [-0.39, 0.29) is 16.0 Å². The first-order chi connectivity index (χ1) is 9.96. The van der Waals surface area contributed by atoms with Gasteiger partial charge < -0.3 is 5.32 Å². The normalized spacial score (nSPS) is 19.3. The monoisotopic (exact) mass is 348 g/mol. The van der Waals surface area contributed by atoms with Crippen molar-refractivity contribution < 1.29 is 8.42 Å². The molecule has 0 bridgehead atoms. The summed E-state index contributed by atoms with van der Waals surface area (Å²) < 4.78 is 27.0. The third-order valence-corrected chi connectivity index (χ3v) is 7.19. The molecule has 7 heteroatoms. The number of sulfonamides is 1. The van der Waals surface area contributed by atoms with Crippen molar-refractivity contribution in [2.45, 2.75) is 30.8 Å². The summed E-state index contributed by atoms with van der Waals surface area (Å²) in [5.74, 6) is 1.86. The Morgan fingerprint density at radius 1 is 1.48 bits per heavy atom. The zero-order valence-corrected chi connectivity index (χ0v) is 14.7. The fourth-order valence-electron chi connectivity index (χ4n) is 2.28. The number of hydrogen-bond acceptors (Lipinski definition) is 4. The third kappa shape index (κ3) is 3.93. The summed E-state index contributed by atoms with van der Waals surface area (Å²) in [6, 6.07) is 5.26.